The number of nitro groups is 4. The minimum absolute atomic E-state index is 0.355. The summed E-state index contributed by atoms with van der Waals surface area (Å²) in [5.74, 6) is 0. The van der Waals surface area contributed by atoms with Crippen LogP contribution in [0.4, 0.5) is 22.7 Å². The molecule has 0 aliphatic heterocycles. The molecule has 0 bridgehead atoms. The van der Waals surface area contributed by atoms with Crippen molar-refractivity contribution in [2.45, 2.75) is 0 Å². The van der Waals surface area contributed by atoms with Gasteiger partial charge in [-0.25, -0.2) is 0 Å². The van der Waals surface area contributed by atoms with Gasteiger partial charge in [-0.05, 0) is 0 Å². The molecule has 1 aromatic heterocycles. The average Bonchev–Trinajstić information content (AvgIpc) is 2.59. The molecular weight excluding hydrogens is 370 g/mol. The highest BCUT2D eigenvalue weighted by molar-refractivity contribution is 6.13. The van der Waals surface area contributed by atoms with Crippen molar-refractivity contribution >= 4 is 44.4 Å². The molecule has 3 aromatic rings. The van der Waals surface area contributed by atoms with Crippen LogP contribution in [-0.2, 0) is 0 Å². The second-order valence-corrected chi connectivity index (χ2v) is 5.26. The first kappa shape index (κ1) is 17.3. The standard InChI is InChI=1S/C13H5N5O9/c19-13-8-2-6(16(22)23)3-9(17(24)25)11(8)7-1-5(15(20)21)4-10(18(26)27)12(7)14-13/h1-4H,(H,14,19). The van der Waals surface area contributed by atoms with Crippen LogP contribution in [-0.4, -0.2) is 24.7 Å². The zero-order chi connectivity index (χ0) is 20.0. The number of nitrogens with zero attached hydrogens (tertiary/aromatic N) is 4. The number of non-ortho nitro benzene ring substituents is 4. The Kier molecular flexibility index (Phi) is 3.72. The molecule has 0 saturated carbocycles. The maximum absolute atomic E-state index is 12.3. The summed E-state index contributed by atoms with van der Waals surface area (Å²) in [5.41, 5.74) is -4.74. The van der Waals surface area contributed by atoms with Crippen molar-refractivity contribution in [3.8, 4) is 0 Å². The predicted octanol–water partition coefficient (Wildman–Crippen LogP) is 2.31. The lowest BCUT2D eigenvalue weighted by molar-refractivity contribution is -0.393. The highest BCUT2D eigenvalue weighted by Gasteiger charge is 2.28. The summed E-state index contributed by atoms with van der Waals surface area (Å²) >= 11 is 0. The van der Waals surface area contributed by atoms with Crippen molar-refractivity contribution in [1.82, 2.24) is 4.98 Å². The second-order valence-electron chi connectivity index (χ2n) is 5.26. The second kappa shape index (κ2) is 5.80. The number of aromatic amines is 1. The Morgan fingerprint density at radius 1 is 0.667 bits per heavy atom. The van der Waals surface area contributed by atoms with Crippen LogP contribution in [0, 0.1) is 40.5 Å². The third-order valence-corrected chi connectivity index (χ3v) is 3.77. The minimum atomic E-state index is -1.05. The number of benzene rings is 2. The molecule has 2 aromatic carbocycles. The zero-order valence-corrected chi connectivity index (χ0v) is 12.8. The number of fused-ring (bicyclic) bond motifs is 3. The normalized spacial score (nSPS) is 10.8. The number of hydrogen-bond donors (Lipinski definition) is 1. The number of hydrogen-bond acceptors (Lipinski definition) is 9. The van der Waals surface area contributed by atoms with Gasteiger partial charge in [-0.3, -0.25) is 45.3 Å². The highest BCUT2D eigenvalue weighted by Crippen LogP contribution is 2.38. The maximum atomic E-state index is 12.3. The highest BCUT2D eigenvalue weighted by atomic mass is 16.6. The van der Waals surface area contributed by atoms with Gasteiger partial charge < -0.3 is 4.98 Å². The smallest absolute Gasteiger partial charge is 0.300 e. The van der Waals surface area contributed by atoms with E-state index < -0.39 is 64.3 Å². The summed E-state index contributed by atoms with van der Waals surface area (Å²) in [6, 6.07) is 2.75. The van der Waals surface area contributed by atoms with Gasteiger partial charge in [0.25, 0.3) is 28.3 Å². The molecule has 0 atom stereocenters. The molecule has 0 fully saturated rings. The van der Waals surface area contributed by atoms with Gasteiger partial charge in [0.1, 0.15) is 5.52 Å². The van der Waals surface area contributed by atoms with Crippen LogP contribution in [0.25, 0.3) is 21.7 Å². The van der Waals surface area contributed by atoms with Crippen LogP contribution in [0.1, 0.15) is 0 Å². The van der Waals surface area contributed by atoms with E-state index in [0.717, 1.165) is 12.1 Å². The van der Waals surface area contributed by atoms with Crippen molar-refractivity contribution in [3.63, 3.8) is 0 Å². The Bertz CT molecular complexity index is 1260. The van der Waals surface area contributed by atoms with E-state index in [2.05, 4.69) is 4.98 Å². The number of aromatic nitrogens is 1. The van der Waals surface area contributed by atoms with Crippen molar-refractivity contribution in [2.75, 3.05) is 0 Å². The lowest BCUT2D eigenvalue weighted by Gasteiger charge is -2.06. The number of pyridine rings is 1. The van der Waals surface area contributed by atoms with Gasteiger partial charge in [-0.15, -0.1) is 0 Å². The summed E-state index contributed by atoms with van der Waals surface area (Å²) < 4.78 is 0. The summed E-state index contributed by atoms with van der Waals surface area (Å²) in [4.78, 5) is 55.2. The first-order valence-corrected chi connectivity index (χ1v) is 6.87. The topological polar surface area (TPSA) is 205 Å². The quantitative estimate of drug-likeness (QED) is 0.402. The maximum Gasteiger partial charge on any atom is 0.300 e. The Balaban J connectivity index is 2.69. The van der Waals surface area contributed by atoms with Crippen LogP contribution in [0.15, 0.2) is 29.1 Å². The molecule has 0 aliphatic rings. The van der Waals surface area contributed by atoms with E-state index in [0.29, 0.717) is 12.1 Å². The first-order chi connectivity index (χ1) is 12.6. The third-order valence-electron chi connectivity index (χ3n) is 3.77. The Morgan fingerprint density at radius 2 is 1.15 bits per heavy atom. The molecule has 136 valence electrons. The molecule has 0 amide bonds. The van der Waals surface area contributed by atoms with Gasteiger partial charge in [0, 0.05) is 17.5 Å². The minimum Gasteiger partial charge on any atom is -0.316 e. The Labute approximate surface area is 145 Å². The third kappa shape index (κ3) is 2.66. The zero-order valence-electron chi connectivity index (χ0n) is 12.8. The molecule has 0 aliphatic carbocycles. The summed E-state index contributed by atoms with van der Waals surface area (Å²) in [5, 5.41) is 43.3. The molecule has 14 nitrogen and oxygen atoms in total. The Hall–Kier alpha value is -4.49. The molecule has 27 heavy (non-hydrogen) atoms. The summed E-state index contributed by atoms with van der Waals surface area (Å²) in [6.07, 6.45) is 0. The van der Waals surface area contributed by atoms with E-state index in [1.54, 1.807) is 0 Å². The van der Waals surface area contributed by atoms with Gasteiger partial charge in [0.05, 0.1) is 42.6 Å². The molecule has 1 heterocycles. The van der Waals surface area contributed by atoms with Crippen LogP contribution in [0.2, 0.25) is 0 Å². The van der Waals surface area contributed by atoms with Crippen molar-refractivity contribution in [1.29, 1.82) is 0 Å². The van der Waals surface area contributed by atoms with Gasteiger partial charge in [-0.1, -0.05) is 0 Å². The fraction of sp³-hybridized carbons (Fsp3) is 0. The van der Waals surface area contributed by atoms with E-state index in [-0.39, 0.29) is 5.39 Å². The molecule has 0 saturated heterocycles. The predicted molar refractivity (Wildman–Crippen MR) is 88.7 cm³/mol. The van der Waals surface area contributed by atoms with Gasteiger partial charge in [0.2, 0.25) is 0 Å². The van der Waals surface area contributed by atoms with Crippen molar-refractivity contribution in [3.05, 3.63) is 75.1 Å². The van der Waals surface area contributed by atoms with E-state index >= 15 is 0 Å². The van der Waals surface area contributed by atoms with Crippen LogP contribution < -0.4 is 5.56 Å². The number of nitro benzene ring substituents is 4. The lowest BCUT2D eigenvalue weighted by Crippen LogP contribution is -2.10. The fourth-order valence-corrected chi connectivity index (χ4v) is 2.69. The van der Waals surface area contributed by atoms with Gasteiger partial charge in [0.15, 0.2) is 0 Å². The largest absolute Gasteiger partial charge is 0.316 e. The molecule has 0 unspecified atom stereocenters. The molecule has 3 rings (SSSR count). The van der Waals surface area contributed by atoms with E-state index in [4.69, 9.17) is 0 Å². The van der Waals surface area contributed by atoms with E-state index in [9.17, 15) is 45.3 Å². The molecule has 14 heteroatoms. The Morgan fingerprint density at radius 3 is 1.63 bits per heavy atom. The van der Waals surface area contributed by atoms with Crippen molar-refractivity contribution < 1.29 is 19.7 Å². The van der Waals surface area contributed by atoms with Crippen molar-refractivity contribution in [2.24, 2.45) is 0 Å². The summed E-state index contributed by atoms with van der Waals surface area (Å²) in [7, 11) is 0. The van der Waals surface area contributed by atoms with Crippen LogP contribution >= 0.6 is 0 Å². The molecular formula is C13H5N5O9. The van der Waals surface area contributed by atoms with Crippen LogP contribution in [0.5, 0.6) is 0 Å². The van der Waals surface area contributed by atoms with Crippen LogP contribution in [0.3, 0.4) is 0 Å². The molecule has 0 spiro atoms. The number of H-pyrrole nitrogens is 1. The summed E-state index contributed by atoms with van der Waals surface area (Å²) in [6.45, 7) is 0. The first-order valence-electron chi connectivity index (χ1n) is 6.87. The van der Waals surface area contributed by atoms with E-state index in [1.807, 2.05) is 0 Å². The fourth-order valence-electron chi connectivity index (χ4n) is 2.69. The monoisotopic (exact) mass is 375 g/mol. The SMILES string of the molecule is O=c1[nH]c2c([N+](=O)[O-])cc([N+](=O)[O-])cc2c2c([N+](=O)[O-])cc([N+](=O)[O-])cc12. The molecule has 0 radical (unpaired) electrons. The van der Waals surface area contributed by atoms with E-state index in [1.165, 1.54) is 0 Å². The molecule has 1 N–H and O–H groups in total. The average molecular weight is 375 g/mol. The van der Waals surface area contributed by atoms with Gasteiger partial charge >= 0.3 is 0 Å². The van der Waals surface area contributed by atoms with Gasteiger partial charge in [-0.2, -0.15) is 0 Å². The lowest BCUT2D eigenvalue weighted by atomic mass is 10.0. The number of nitrogens with one attached hydrogen (secondary N) is 1. The number of rotatable bonds is 4.